The van der Waals surface area contributed by atoms with Gasteiger partial charge in [-0.25, -0.2) is 4.98 Å². The number of non-ortho nitro benzene ring substituents is 1. The van der Waals surface area contributed by atoms with Gasteiger partial charge in [-0.2, -0.15) is 0 Å². The van der Waals surface area contributed by atoms with Crippen molar-refractivity contribution in [2.75, 3.05) is 0 Å². The van der Waals surface area contributed by atoms with Crippen molar-refractivity contribution in [3.05, 3.63) is 70.9 Å². The van der Waals surface area contributed by atoms with E-state index in [1.54, 1.807) is 12.1 Å². The fraction of sp³-hybridized carbons (Fsp3) is 0. The van der Waals surface area contributed by atoms with E-state index in [1.807, 2.05) is 36.5 Å². The van der Waals surface area contributed by atoms with Crippen molar-refractivity contribution in [2.45, 2.75) is 0 Å². The van der Waals surface area contributed by atoms with E-state index in [0.29, 0.717) is 0 Å². The highest BCUT2D eigenvalue weighted by molar-refractivity contribution is 6.09. The Morgan fingerprint density at radius 2 is 1.73 bits per heavy atom. The summed E-state index contributed by atoms with van der Waals surface area (Å²) in [5.41, 5.74) is 3.57. The molecule has 0 amide bonds. The van der Waals surface area contributed by atoms with Crippen LogP contribution in [-0.4, -0.2) is 14.9 Å². The van der Waals surface area contributed by atoms with Crippen molar-refractivity contribution in [3.63, 3.8) is 0 Å². The van der Waals surface area contributed by atoms with Gasteiger partial charge in [-0.15, -0.1) is 0 Å². The Labute approximate surface area is 125 Å². The van der Waals surface area contributed by atoms with Crippen molar-refractivity contribution in [2.24, 2.45) is 0 Å². The van der Waals surface area contributed by atoms with Crippen molar-refractivity contribution >= 4 is 27.5 Å². The Kier molecular flexibility index (Phi) is 2.66. The Morgan fingerprint density at radius 3 is 2.50 bits per heavy atom. The molecule has 2 aromatic carbocycles. The van der Waals surface area contributed by atoms with Gasteiger partial charge in [0.1, 0.15) is 0 Å². The quantitative estimate of drug-likeness (QED) is 0.442. The third-order valence-corrected chi connectivity index (χ3v) is 3.76. The van der Waals surface area contributed by atoms with Crippen LogP contribution in [0.15, 0.2) is 60.8 Å². The molecule has 0 saturated carbocycles. The molecular weight excluding hydrogens is 278 g/mol. The second kappa shape index (κ2) is 4.66. The van der Waals surface area contributed by atoms with Crippen LogP contribution in [-0.2, 0) is 0 Å². The largest absolute Gasteiger partial charge is 0.359 e. The van der Waals surface area contributed by atoms with Gasteiger partial charge >= 0.3 is 0 Å². The zero-order chi connectivity index (χ0) is 15.1. The van der Waals surface area contributed by atoms with Gasteiger partial charge < -0.3 is 4.98 Å². The number of fused-ring (bicyclic) bond motifs is 3. The molecule has 0 saturated heterocycles. The minimum atomic E-state index is -0.401. The van der Waals surface area contributed by atoms with Crippen LogP contribution in [0.5, 0.6) is 0 Å². The van der Waals surface area contributed by atoms with Crippen molar-refractivity contribution in [1.29, 1.82) is 0 Å². The number of nitro benzene ring substituents is 1. The summed E-state index contributed by atoms with van der Waals surface area (Å²) in [5.74, 6) is 0. The van der Waals surface area contributed by atoms with Gasteiger partial charge in [-0.3, -0.25) is 10.1 Å². The van der Waals surface area contributed by atoms with Crippen molar-refractivity contribution in [1.82, 2.24) is 9.97 Å². The number of rotatable bonds is 2. The summed E-state index contributed by atoms with van der Waals surface area (Å²) < 4.78 is 0. The molecule has 0 aliphatic carbocycles. The highest BCUT2D eigenvalue weighted by atomic mass is 16.6. The van der Waals surface area contributed by atoms with Crippen LogP contribution in [0.2, 0.25) is 0 Å². The number of para-hydroxylation sites is 1. The van der Waals surface area contributed by atoms with Crippen LogP contribution in [0.3, 0.4) is 0 Å². The molecule has 0 aliphatic rings. The summed E-state index contributed by atoms with van der Waals surface area (Å²) in [7, 11) is 0. The van der Waals surface area contributed by atoms with E-state index in [4.69, 9.17) is 4.98 Å². The van der Waals surface area contributed by atoms with Crippen LogP contribution in [0.1, 0.15) is 0 Å². The number of aromatic nitrogens is 2. The topological polar surface area (TPSA) is 71.8 Å². The number of benzene rings is 2. The predicted octanol–water partition coefficient (Wildman–Crippen LogP) is 4.29. The normalized spacial score (nSPS) is 11.1. The number of nitro groups is 1. The highest BCUT2D eigenvalue weighted by Crippen LogP contribution is 2.32. The molecule has 0 bridgehead atoms. The molecule has 0 atom stereocenters. The Morgan fingerprint density at radius 1 is 0.955 bits per heavy atom. The molecule has 0 fully saturated rings. The maximum Gasteiger partial charge on any atom is 0.269 e. The smallest absolute Gasteiger partial charge is 0.269 e. The number of nitrogens with zero attached hydrogens (tertiary/aromatic N) is 2. The highest BCUT2D eigenvalue weighted by Gasteiger charge is 2.12. The second-order valence-corrected chi connectivity index (χ2v) is 5.05. The number of H-pyrrole nitrogens is 1. The molecule has 4 rings (SSSR count). The second-order valence-electron chi connectivity index (χ2n) is 5.05. The SMILES string of the molecule is O=[N+]([O-])c1ccc(-c2nc3ccccc3c3cc[nH]c23)cc1. The first kappa shape index (κ1) is 12.5. The third kappa shape index (κ3) is 1.83. The number of hydrogen-bond acceptors (Lipinski definition) is 3. The van der Waals surface area contributed by atoms with Crippen LogP contribution in [0, 0.1) is 10.1 Å². The fourth-order valence-electron chi connectivity index (χ4n) is 2.71. The van der Waals surface area contributed by atoms with E-state index in [1.165, 1.54) is 12.1 Å². The summed E-state index contributed by atoms with van der Waals surface area (Å²) >= 11 is 0. The maximum absolute atomic E-state index is 10.8. The molecule has 1 N–H and O–H groups in total. The summed E-state index contributed by atoms with van der Waals surface area (Å²) in [6.45, 7) is 0. The van der Waals surface area contributed by atoms with Crippen LogP contribution >= 0.6 is 0 Å². The molecule has 4 aromatic rings. The molecule has 22 heavy (non-hydrogen) atoms. The molecule has 2 heterocycles. The summed E-state index contributed by atoms with van der Waals surface area (Å²) in [6.07, 6.45) is 1.88. The third-order valence-electron chi connectivity index (χ3n) is 3.76. The fourth-order valence-corrected chi connectivity index (χ4v) is 2.71. The summed E-state index contributed by atoms with van der Waals surface area (Å²) in [4.78, 5) is 18.3. The molecule has 0 spiro atoms. The monoisotopic (exact) mass is 289 g/mol. The van der Waals surface area contributed by atoms with Gasteiger partial charge in [0.25, 0.3) is 5.69 Å². The van der Waals surface area contributed by atoms with E-state index in [2.05, 4.69) is 4.98 Å². The lowest BCUT2D eigenvalue weighted by molar-refractivity contribution is -0.384. The van der Waals surface area contributed by atoms with Gasteiger partial charge in [-0.05, 0) is 24.3 Å². The lowest BCUT2D eigenvalue weighted by Crippen LogP contribution is -1.90. The summed E-state index contributed by atoms with van der Waals surface area (Å²) in [6, 6.07) is 16.4. The van der Waals surface area contributed by atoms with Gasteiger partial charge in [-0.1, -0.05) is 18.2 Å². The minimum absolute atomic E-state index is 0.0762. The minimum Gasteiger partial charge on any atom is -0.359 e. The standard InChI is InChI=1S/C17H11N3O2/c21-20(22)12-7-5-11(6-8-12)16-17-14(9-10-18-17)13-3-1-2-4-15(13)19-16/h1-10,18H. The van der Waals surface area contributed by atoms with Crippen LogP contribution in [0.25, 0.3) is 33.1 Å². The first-order valence-corrected chi connectivity index (χ1v) is 6.85. The zero-order valence-electron chi connectivity index (χ0n) is 11.5. The van der Waals surface area contributed by atoms with Crippen LogP contribution < -0.4 is 0 Å². The van der Waals surface area contributed by atoms with E-state index in [0.717, 1.165) is 33.1 Å². The van der Waals surface area contributed by atoms with Gasteiger partial charge in [0, 0.05) is 34.7 Å². The van der Waals surface area contributed by atoms with E-state index >= 15 is 0 Å². The zero-order valence-corrected chi connectivity index (χ0v) is 11.5. The number of hydrogen-bond donors (Lipinski definition) is 1. The Balaban J connectivity index is 2.00. The van der Waals surface area contributed by atoms with Crippen molar-refractivity contribution < 1.29 is 4.92 Å². The van der Waals surface area contributed by atoms with E-state index in [-0.39, 0.29) is 5.69 Å². The predicted molar refractivity (Wildman–Crippen MR) is 85.7 cm³/mol. The van der Waals surface area contributed by atoms with Gasteiger partial charge in [0.05, 0.1) is 21.7 Å². The van der Waals surface area contributed by atoms with Gasteiger partial charge in [0.15, 0.2) is 0 Å². The Bertz CT molecular complexity index is 1000. The molecule has 0 radical (unpaired) electrons. The first-order valence-electron chi connectivity index (χ1n) is 6.85. The van der Waals surface area contributed by atoms with Gasteiger partial charge in [0.2, 0.25) is 0 Å². The lowest BCUT2D eigenvalue weighted by Gasteiger charge is -2.06. The molecule has 0 aliphatic heterocycles. The summed E-state index contributed by atoms with van der Waals surface area (Å²) in [5, 5.41) is 13.0. The van der Waals surface area contributed by atoms with Crippen molar-refractivity contribution in [3.8, 4) is 11.3 Å². The molecule has 0 unspecified atom stereocenters. The number of nitrogens with one attached hydrogen (secondary N) is 1. The molecule has 2 aromatic heterocycles. The Hall–Kier alpha value is -3.21. The lowest BCUT2D eigenvalue weighted by atomic mass is 10.1. The molecule has 5 heteroatoms. The van der Waals surface area contributed by atoms with Crippen LogP contribution in [0.4, 0.5) is 5.69 Å². The number of pyridine rings is 1. The average molecular weight is 289 g/mol. The average Bonchev–Trinajstić information content (AvgIpc) is 3.04. The molecule has 106 valence electrons. The molecule has 5 nitrogen and oxygen atoms in total. The molecular formula is C17H11N3O2. The first-order chi connectivity index (χ1) is 10.7. The van der Waals surface area contributed by atoms with E-state index in [9.17, 15) is 10.1 Å². The number of aromatic amines is 1. The maximum atomic E-state index is 10.8. The van der Waals surface area contributed by atoms with E-state index < -0.39 is 4.92 Å².